The summed E-state index contributed by atoms with van der Waals surface area (Å²) in [5.74, 6) is 1.62. The standard InChI is InChI=1S/C20H24Cl2N2O/c21-18-3-1-16(2-4-18)14-25-20-6-5-19(22)11-17(20)13-24-12-15-7-9-23-10-8-15/h1-6,11,15,23-24H,7-10,12-14H2. The first-order valence-electron chi connectivity index (χ1n) is 8.78. The molecule has 0 aliphatic carbocycles. The van der Waals surface area contributed by atoms with Gasteiger partial charge in [-0.3, -0.25) is 0 Å². The summed E-state index contributed by atoms with van der Waals surface area (Å²) in [5.41, 5.74) is 2.18. The van der Waals surface area contributed by atoms with Crippen molar-refractivity contribution in [3.8, 4) is 5.75 Å². The molecule has 1 saturated heterocycles. The van der Waals surface area contributed by atoms with E-state index < -0.39 is 0 Å². The molecule has 0 saturated carbocycles. The minimum Gasteiger partial charge on any atom is -0.489 e. The van der Waals surface area contributed by atoms with Crippen LogP contribution < -0.4 is 15.4 Å². The first-order chi connectivity index (χ1) is 12.2. The van der Waals surface area contributed by atoms with Crippen molar-refractivity contribution in [2.45, 2.75) is 26.0 Å². The summed E-state index contributed by atoms with van der Waals surface area (Å²) in [6.45, 7) is 4.56. The second kappa shape index (κ2) is 9.44. The van der Waals surface area contributed by atoms with E-state index in [2.05, 4.69) is 10.6 Å². The number of benzene rings is 2. The minimum absolute atomic E-state index is 0.514. The third-order valence-electron chi connectivity index (χ3n) is 4.54. The molecule has 0 spiro atoms. The Labute approximate surface area is 159 Å². The van der Waals surface area contributed by atoms with Gasteiger partial charge in [-0.15, -0.1) is 0 Å². The lowest BCUT2D eigenvalue weighted by atomic mass is 9.98. The molecule has 2 aromatic carbocycles. The van der Waals surface area contributed by atoms with E-state index in [-0.39, 0.29) is 0 Å². The summed E-state index contributed by atoms with van der Waals surface area (Å²) >= 11 is 12.1. The molecule has 1 fully saturated rings. The van der Waals surface area contributed by atoms with E-state index in [1.54, 1.807) is 0 Å². The number of ether oxygens (including phenoxy) is 1. The zero-order chi connectivity index (χ0) is 17.5. The second-order valence-electron chi connectivity index (χ2n) is 6.49. The van der Waals surface area contributed by atoms with Crippen molar-refractivity contribution in [2.75, 3.05) is 19.6 Å². The number of hydrogen-bond donors (Lipinski definition) is 2. The van der Waals surface area contributed by atoms with Crippen molar-refractivity contribution < 1.29 is 4.74 Å². The van der Waals surface area contributed by atoms with E-state index in [9.17, 15) is 0 Å². The van der Waals surface area contributed by atoms with Crippen LogP contribution in [-0.4, -0.2) is 19.6 Å². The SMILES string of the molecule is Clc1ccc(COc2ccc(Cl)cc2CNCC2CCNCC2)cc1. The average Bonchev–Trinajstić information content (AvgIpc) is 2.63. The van der Waals surface area contributed by atoms with E-state index >= 15 is 0 Å². The maximum absolute atomic E-state index is 6.17. The normalized spacial score (nSPS) is 15.3. The summed E-state index contributed by atoms with van der Waals surface area (Å²) in [7, 11) is 0. The van der Waals surface area contributed by atoms with Crippen molar-refractivity contribution in [3.63, 3.8) is 0 Å². The highest BCUT2D eigenvalue weighted by molar-refractivity contribution is 6.30. The summed E-state index contributed by atoms with van der Waals surface area (Å²) < 4.78 is 6.01. The Morgan fingerprint density at radius 2 is 1.72 bits per heavy atom. The lowest BCUT2D eigenvalue weighted by Crippen LogP contribution is -2.33. The van der Waals surface area contributed by atoms with Crippen LogP contribution >= 0.6 is 23.2 Å². The molecular formula is C20H24Cl2N2O. The number of hydrogen-bond acceptors (Lipinski definition) is 3. The maximum atomic E-state index is 6.17. The quantitative estimate of drug-likeness (QED) is 0.734. The number of rotatable bonds is 7. The van der Waals surface area contributed by atoms with Crippen molar-refractivity contribution in [2.24, 2.45) is 5.92 Å². The third-order valence-corrected chi connectivity index (χ3v) is 5.02. The molecule has 134 valence electrons. The van der Waals surface area contributed by atoms with Crippen molar-refractivity contribution in [1.82, 2.24) is 10.6 Å². The van der Waals surface area contributed by atoms with E-state index in [0.717, 1.165) is 59.0 Å². The molecule has 1 heterocycles. The Bertz CT molecular complexity index is 670. The van der Waals surface area contributed by atoms with Crippen LogP contribution in [0.2, 0.25) is 10.0 Å². The highest BCUT2D eigenvalue weighted by Gasteiger charge is 2.13. The van der Waals surface area contributed by atoms with Gasteiger partial charge in [0.2, 0.25) is 0 Å². The fourth-order valence-corrected chi connectivity index (χ4v) is 3.39. The molecule has 5 heteroatoms. The number of piperidine rings is 1. The van der Waals surface area contributed by atoms with E-state index in [4.69, 9.17) is 27.9 Å². The lowest BCUT2D eigenvalue weighted by Gasteiger charge is -2.23. The molecule has 0 amide bonds. The monoisotopic (exact) mass is 378 g/mol. The zero-order valence-electron chi connectivity index (χ0n) is 14.2. The minimum atomic E-state index is 0.514. The smallest absolute Gasteiger partial charge is 0.124 e. The Morgan fingerprint density at radius 1 is 1.00 bits per heavy atom. The van der Waals surface area contributed by atoms with Gasteiger partial charge in [-0.1, -0.05) is 35.3 Å². The van der Waals surface area contributed by atoms with Crippen LogP contribution in [0, 0.1) is 5.92 Å². The van der Waals surface area contributed by atoms with Crippen molar-refractivity contribution in [3.05, 3.63) is 63.6 Å². The van der Waals surface area contributed by atoms with Gasteiger partial charge in [0, 0.05) is 22.2 Å². The summed E-state index contributed by atoms with van der Waals surface area (Å²) in [6, 6.07) is 13.5. The molecule has 2 aromatic rings. The average molecular weight is 379 g/mol. The number of halogens is 2. The van der Waals surface area contributed by atoms with Gasteiger partial charge >= 0.3 is 0 Å². The van der Waals surface area contributed by atoms with Crippen molar-refractivity contribution in [1.29, 1.82) is 0 Å². The van der Waals surface area contributed by atoms with Gasteiger partial charge in [0.25, 0.3) is 0 Å². The Morgan fingerprint density at radius 3 is 2.48 bits per heavy atom. The van der Waals surface area contributed by atoms with E-state index in [1.165, 1.54) is 12.8 Å². The largest absolute Gasteiger partial charge is 0.489 e. The molecule has 0 atom stereocenters. The van der Waals surface area contributed by atoms with Gasteiger partial charge in [-0.05, 0) is 74.3 Å². The molecule has 1 aliphatic rings. The Hall–Kier alpha value is -1.26. The van der Waals surface area contributed by atoms with Crippen LogP contribution in [-0.2, 0) is 13.2 Å². The molecule has 0 radical (unpaired) electrons. The van der Waals surface area contributed by atoms with E-state index in [1.807, 2.05) is 42.5 Å². The Balaban J connectivity index is 1.56. The highest BCUT2D eigenvalue weighted by atomic mass is 35.5. The van der Waals surface area contributed by atoms with Gasteiger partial charge in [-0.25, -0.2) is 0 Å². The molecule has 1 aliphatic heterocycles. The van der Waals surface area contributed by atoms with Crippen LogP contribution in [0.1, 0.15) is 24.0 Å². The number of nitrogens with one attached hydrogen (secondary N) is 2. The predicted molar refractivity (Wildman–Crippen MR) is 105 cm³/mol. The first kappa shape index (κ1) is 18.5. The first-order valence-corrected chi connectivity index (χ1v) is 9.53. The Kier molecular flexibility index (Phi) is 7.00. The predicted octanol–water partition coefficient (Wildman–Crippen LogP) is 4.66. The van der Waals surface area contributed by atoms with E-state index in [0.29, 0.717) is 6.61 Å². The molecule has 3 rings (SSSR count). The fourth-order valence-electron chi connectivity index (χ4n) is 3.07. The van der Waals surface area contributed by atoms with Gasteiger partial charge < -0.3 is 15.4 Å². The zero-order valence-corrected chi connectivity index (χ0v) is 15.7. The molecule has 0 aromatic heterocycles. The lowest BCUT2D eigenvalue weighted by molar-refractivity contribution is 0.301. The van der Waals surface area contributed by atoms with Crippen LogP contribution in [0.25, 0.3) is 0 Å². The molecule has 2 N–H and O–H groups in total. The summed E-state index contributed by atoms with van der Waals surface area (Å²) in [5, 5.41) is 8.43. The van der Waals surface area contributed by atoms with Gasteiger partial charge in [0.1, 0.15) is 12.4 Å². The van der Waals surface area contributed by atoms with Crippen LogP contribution in [0.4, 0.5) is 0 Å². The molecule has 25 heavy (non-hydrogen) atoms. The van der Waals surface area contributed by atoms with Crippen LogP contribution in [0.15, 0.2) is 42.5 Å². The van der Waals surface area contributed by atoms with Gasteiger partial charge in [0.15, 0.2) is 0 Å². The van der Waals surface area contributed by atoms with Crippen LogP contribution in [0.5, 0.6) is 5.75 Å². The van der Waals surface area contributed by atoms with Gasteiger partial charge in [0.05, 0.1) is 0 Å². The summed E-state index contributed by atoms with van der Waals surface area (Å²) in [6.07, 6.45) is 2.48. The maximum Gasteiger partial charge on any atom is 0.124 e. The second-order valence-corrected chi connectivity index (χ2v) is 7.36. The molecule has 0 bridgehead atoms. The molecule has 0 unspecified atom stereocenters. The van der Waals surface area contributed by atoms with Crippen molar-refractivity contribution >= 4 is 23.2 Å². The summed E-state index contributed by atoms with van der Waals surface area (Å²) in [4.78, 5) is 0. The van der Waals surface area contributed by atoms with Gasteiger partial charge in [-0.2, -0.15) is 0 Å². The third kappa shape index (κ3) is 5.89. The topological polar surface area (TPSA) is 33.3 Å². The highest BCUT2D eigenvalue weighted by Crippen LogP contribution is 2.24. The molecular weight excluding hydrogens is 355 g/mol. The molecule has 3 nitrogen and oxygen atoms in total. The fraction of sp³-hybridized carbons (Fsp3) is 0.400. The van der Waals surface area contributed by atoms with Crippen LogP contribution in [0.3, 0.4) is 0 Å².